The summed E-state index contributed by atoms with van der Waals surface area (Å²) in [5.41, 5.74) is 0. The van der Waals surface area contributed by atoms with E-state index in [1.807, 2.05) is 0 Å². The fraction of sp³-hybridized carbons (Fsp3) is 0.947. The summed E-state index contributed by atoms with van der Waals surface area (Å²) in [4.78, 5) is 12.8. The van der Waals surface area contributed by atoms with Gasteiger partial charge < -0.3 is 20.1 Å². The molecule has 2 fully saturated rings. The number of rotatable bonds is 14. The van der Waals surface area contributed by atoms with Gasteiger partial charge in [-0.05, 0) is 6.42 Å². The number of hydrogen-bond acceptors (Lipinski definition) is 7. The zero-order valence-electron chi connectivity index (χ0n) is 17.7. The molecule has 0 aromatic carbocycles. The van der Waals surface area contributed by atoms with Crippen molar-refractivity contribution in [3.63, 3.8) is 0 Å². The van der Waals surface area contributed by atoms with E-state index in [4.69, 9.17) is 4.74 Å². The third-order valence-corrected chi connectivity index (χ3v) is 6.90. The van der Waals surface area contributed by atoms with Crippen LogP contribution in [-0.2, 0) is 14.9 Å². The van der Waals surface area contributed by atoms with E-state index >= 15 is 0 Å². The molecule has 5 atom stereocenters. The van der Waals surface area contributed by atoms with Crippen molar-refractivity contribution in [2.45, 2.75) is 102 Å². The summed E-state index contributed by atoms with van der Waals surface area (Å²) in [6.07, 6.45) is 4.38. The molecule has 0 aliphatic carbocycles. The van der Waals surface area contributed by atoms with E-state index in [-0.39, 0.29) is 13.2 Å². The van der Waals surface area contributed by atoms with Crippen molar-refractivity contribution in [1.29, 1.82) is 0 Å². The van der Waals surface area contributed by atoms with Crippen LogP contribution in [0.1, 0.15) is 71.1 Å². The normalized spacial score (nSPS) is 29.1. The second kappa shape index (κ2) is 12.2. The van der Waals surface area contributed by atoms with Crippen LogP contribution < -0.4 is 9.44 Å². The maximum Gasteiger partial charge on any atom is 0.411 e. The molecule has 0 saturated carbocycles. The van der Waals surface area contributed by atoms with E-state index in [1.165, 1.54) is 38.5 Å². The lowest BCUT2D eigenvalue weighted by Crippen LogP contribution is -2.70. The Labute approximate surface area is 179 Å². The van der Waals surface area contributed by atoms with Crippen LogP contribution in [0.15, 0.2) is 0 Å². The van der Waals surface area contributed by atoms with Gasteiger partial charge in [0.2, 0.25) is 0 Å². The number of fused-ring (bicyclic) bond motifs is 1. The van der Waals surface area contributed by atoms with E-state index in [1.54, 1.807) is 0 Å². The second-order valence-corrected chi connectivity index (χ2v) is 9.70. The number of aliphatic hydroxyl groups is 3. The molecule has 2 saturated heterocycles. The monoisotopic (exact) mass is 451 g/mol. The summed E-state index contributed by atoms with van der Waals surface area (Å²) in [6, 6.07) is -0.925. The number of cyclic esters (lactones) is 1. The number of nitrogens with one attached hydrogen (secondary N) is 2. The van der Waals surface area contributed by atoms with Crippen LogP contribution in [0.2, 0.25) is 0 Å². The maximum absolute atomic E-state index is 12.3. The number of aliphatic hydroxyl groups excluding tert-OH is 3. The fourth-order valence-electron chi connectivity index (χ4n) is 3.96. The molecule has 1 amide bonds. The minimum absolute atomic E-state index is 0.186. The van der Waals surface area contributed by atoms with E-state index in [2.05, 4.69) is 16.4 Å². The average Bonchev–Trinajstić information content (AvgIpc) is 3.09. The molecule has 176 valence electrons. The number of hydrogen-bond donors (Lipinski definition) is 5. The van der Waals surface area contributed by atoms with Gasteiger partial charge in [-0.15, -0.1) is 0 Å². The Morgan fingerprint density at radius 3 is 2.10 bits per heavy atom. The SMILES string of the molecule is CCCCCCCCCCCCNS(=O)(=O)N[C@@H]1[C@@H](O)C(O)[C@H](O)C2COC(=O)N21. The Kier molecular flexibility index (Phi) is 10.2. The summed E-state index contributed by atoms with van der Waals surface area (Å²) < 4.78 is 34.1. The van der Waals surface area contributed by atoms with Crippen molar-refractivity contribution in [2.75, 3.05) is 13.2 Å². The van der Waals surface area contributed by atoms with Crippen LogP contribution in [0.25, 0.3) is 0 Å². The third-order valence-electron chi connectivity index (χ3n) is 5.76. The highest BCUT2D eigenvalue weighted by atomic mass is 32.2. The molecule has 2 aliphatic rings. The highest BCUT2D eigenvalue weighted by Crippen LogP contribution is 2.28. The smallest absolute Gasteiger partial charge is 0.411 e. The van der Waals surface area contributed by atoms with Crippen LogP contribution in [0.5, 0.6) is 0 Å². The van der Waals surface area contributed by atoms with Crippen LogP contribution in [-0.4, -0.2) is 78.4 Å². The van der Waals surface area contributed by atoms with Crippen LogP contribution >= 0.6 is 0 Å². The predicted octanol–water partition coefficient (Wildman–Crippen LogP) is 0.575. The Hall–Kier alpha value is -0.980. The predicted molar refractivity (Wildman–Crippen MR) is 111 cm³/mol. The summed E-state index contributed by atoms with van der Waals surface area (Å²) in [7, 11) is -4.03. The summed E-state index contributed by atoms with van der Waals surface area (Å²) >= 11 is 0. The van der Waals surface area contributed by atoms with Crippen LogP contribution in [0.3, 0.4) is 0 Å². The first-order valence-corrected chi connectivity index (χ1v) is 12.5. The molecule has 11 heteroatoms. The Balaban J connectivity index is 1.69. The number of unbranched alkanes of at least 4 members (excludes halogenated alkanes) is 9. The Morgan fingerprint density at radius 1 is 0.933 bits per heavy atom. The molecule has 5 N–H and O–H groups in total. The first kappa shape index (κ1) is 25.3. The van der Waals surface area contributed by atoms with Crippen LogP contribution in [0.4, 0.5) is 4.79 Å². The number of piperidine rings is 1. The zero-order valence-corrected chi connectivity index (χ0v) is 18.5. The van der Waals surface area contributed by atoms with E-state index in [0.29, 0.717) is 6.42 Å². The third kappa shape index (κ3) is 7.03. The van der Waals surface area contributed by atoms with Gasteiger partial charge in [-0.1, -0.05) is 64.7 Å². The maximum atomic E-state index is 12.3. The molecule has 0 radical (unpaired) electrons. The quantitative estimate of drug-likeness (QED) is 0.243. The molecule has 0 aromatic rings. The molecule has 0 spiro atoms. The largest absolute Gasteiger partial charge is 0.447 e. The minimum atomic E-state index is -4.03. The van der Waals surface area contributed by atoms with E-state index in [9.17, 15) is 28.5 Å². The first-order chi connectivity index (χ1) is 14.3. The molecule has 30 heavy (non-hydrogen) atoms. The van der Waals surface area contributed by atoms with Crippen molar-refractivity contribution in [3.8, 4) is 0 Å². The lowest BCUT2D eigenvalue weighted by molar-refractivity contribution is -0.144. The van der Waals surface area contributed by atoms with E-state index < -0.39 is 46.8 Å². The minimum Gasteiger partial charge on any atom is -0.447 e. The van der Waals surface area contributed by atoms with Gasteiger partial charge in [0.15, 0.2) is 0 Å². The molecule has 2 rings (SSSR count). The summed E-state index contributed by atoms with van der Waals surface area (Å²) in [6.45, 7) is 2.24. The van der Waals surface area contributed by atoms with Gasteiger partial charge in [-0.25, -0.2) is 9.52 Å². The first-order valence-electron chi connectivity index (χ1n) is 11.0. The molecule has 0 aromatic heterocycles. The van der Waals surface area contributed by atoms with Crippen molar-refractivity contribution in [1.82, 2.24) is 14.3 Å². The molecule has 2 unspecified atom stereocenters. The number of nitrogens with zero attached hydrogens (tertiary/aromatic N) is 1. The van der Waals surface area contributed by atoms with E-state index in [0.717, 1.165) is 24.2 Å². The topological polar surface area (TPSA) is 148 Å². The van der Waals surface area contributed by atoms with Gasteiger partial charge in [0.1, 0.15) is 31.1 Å². The van der Waals surface area contributed by atoms with Crippen molar-refractivity contribution < 1.29 is 33.3 Å². The van der Waals surface area contributed by atoms with Gasteiger partial charge in [-0.2, -0.15) is 13.1 Å². The zero-order chi connectivity index (χ0) is 22.1. The van der Waals surface area contributed by atoms with Crippen LogP contribution in [0, 0.1) is 0 Å². The number of carbonyl (C=O) groups is 1. The Morgan fingerprint density at radius 2 is 1.50 bits per heavy atom. The standard InChI is InChI=1S/C19H37N3O7S/c1-2-3-4-5-6-7-8-9-10-11-12-20-30(27,28)21-18-17(25)16(24)15(23)14-13-29-19(26)22(14)18/h14-18,20-21,23-25H,2-13H2,1H3/t14?,15-,16?,17+,18+/m1/s1. The fourth-order valence-corrected chi connectivity index (χ4v) is 5.02. The lowest BCUT2D eigenvalue weighted by atomic mass is 9.93. The molecule has 10 nitrogen and oxygen atoms in total. The molecular weight excluding hydrogens is 414 g/mol. The van der Waals surface area contributed by atoms with Crippen molar-refractivity contribution >= 4 is 16.3 Å². The highest BCUT2D eigenvalue weighted by Gasteiger charge is 2.54. The second-order valence-electron chi connectivity index (χ2n) is 8.17. The number of carbonyl (C=O) groups excluding carboxylic acids is 1. The van der Waals surface area contributed by atoms with Gasteiger partial charge in [-0.3, -0.25) is 4.90 Å². The molecule has 2 aliphatic heterocycles. The van der Waals surface area contributed by atoms with Crippen molar-refractivity contribution in [2.24, 2.45) is 0 Å². The van der Waals surface area contributed by atoms with Gasteiger partial charge in [0, 0.05) is 6.54 Å². The highest BCUT2D eigenvalue weighted by molar-refractivity contribution is 7.87. The van der Waals surface area contributed by atoms with Gasteiger partial charge in [0.25, 0.3) is 10.2 Å². The Bertz CT molecular complexity index is 634. The van der Waals surface area contributed by atoms with Crippen molar-refractivity contribution in [3.05, 3.63) is 0 Å². The molecule has 0 bridgehead atoms. The molecular formula is C19H37N3O7S. The average molecular weight is 452 g/mol. The lowest BCUT2D eigenvalue weighted by Gasteiger charge is -2.43. The molecule has 2 heterocycles. The summed E-state index contributed by atoms with van der Waals surface area (Å²) in [5, 5.41) is 30.1. The van der Waals surface area contributed by atoms with Gasteiger partial charge in [0.05, 0.1) is 6.04 Å². The van der Waals surface area contributed by atoms with Gasteiger partial charge >= 0.3 is 6.09 Å². The number of amides is 1. The summed E-state index contributed by atoms with van der Waals surface area (Å²) in [5.74, 6) is 0. The number of ether oxygens (including phenoxy) is 1.